The number of aromatic amines is 1. The molecule has 0 radical (unpaired) electrons. The molecule has 2 aromatic carbocycles. The van der Waals surface area contributed by atoms with Crippen molar-refractivity contribution in [2.75, 3.05) is 6.54 Å². The van der Waals surface area contributed by atoms with Gasteiger partial charge >= 0.3 is 0 Å². The Balaban J connectivity index is 1.27. The van der Waals surface area contributed by atoms with E-state index in [1.54, 1.807) is 12.1 Å². The van der Waals surface area contributed by atoms with Crippen molar-refractivity contribution in [3.8, 4) is 0 Å². The van der Waals surface area contributed by atoms with Gasteiger partial charge in [-0.2, -0.15) is 0 Å². The molecule has 2 aliphatic heterocycles. The molecule has 0 unspecified atom stereocenters. The number of hydrogen-bond donors (Lipinski definition) is 1. The molecule has 0 atom stereocenters. The molecule has 0 saturated heterocycles. The molecule has 6 rings (SSSR count). The molecular formula is C27H28FN3O2. The maximum absolute atomic E-state index is 13.9. The summed E-state index contributed by atoms with van der Waals surface area (Å²) >= 11 is 0. The number of hydrogen-bond acceptors (Lipinski definition) is 2. The van der Waals surface area contributed by atoms with E-state index in [1.165, 1.54) is 6.07 Å². The van der Waals surface area contributed by atoms with Crippen LogP contribution in [0.25, 0.3) is 10.9 Å². The Hall–Kier alpha value is -3.15. The lowest BCUT2D eigenvalue weighted by atomic mass is 9.77. The average Bonchev–Trinajstić information content (AvgIpc) is 3.37. The van der Waals surface area contributed by atoms with Crippen LogP contribution in [0.2, 0.25) is 0 Å². The molecule has 0 spiro atoms. The predicted octanol–water partition coefficient (Wildman–Crippen LogP) is 4.94. The third-order valence-electron chi connectivity index (χ3n) is 7.95. The van der Waals surface area contributed by atoms with Crippen molar-refractivity contribution in [3.63, 3.8) is 0 Å². The minimum atomic E-state index is -0.419. The first kappa shape index (κ1) is 20.5. The van der Waals surface area contributed by atoms with Crippen molar-refractivity contribution >= 4 is 22.7 Å². The highest BCUT2D eigenvalue weighted by atomic mass is 19.1. The number of carbonyl (C=O) groups excluding carboxylic acids is 2. The van der Waals surface area contributed by atoms with Crippen LogP contribution < -0.4 is 0 Å². The lowest BCUT2D eigenvalue weighted by Crippen LogP contribution is -2.53. The highest BCUT2D eigenvalue weighted by Gasteiger charge is 2.46. The molecule has 3 heterocycles. The fourth-order valence-corrected chi connectivity index (χ4v) is 6.18. The smallest absolute Gasteiger partial charge is 0.254 e. The average molecular weight is 446 g/mol. The third-order valence-corrected chi connectivity index (χ3v) is 7.95. The first-order valence-corrected chi connectivity index (χ1v) is 12.0. The Morgan fingerprint density at radius 2 is 1.88 bits per heavy atom. The number of amides is 2. The fraction of sp³-hybridized carbons (Fsp3) is 0.407. The summed E-state index contributed by atoms with van der Waals surface area (Å²) in [5.41, 5.74) is 4.45. The number of rotatable bonds is 3. The maximum Gasteiger partial charge on any atom is 0.254 e. The van der Waals surface area contributed by atoms with E-state index in [9.17, 15) is 14.0 Å². The third kappa shape index (κ3) is 3.35. The van der Waals surface area contributed by atoms with Crippen LogP contribution in [0.5, 0.6) is 0 Å². The van der Waals surface area contributed by atoms with E-state index in [4.69, 9.17) is 0 Å². The number of halogens is 1. The first-order chi connectivity index (χ1) is 16.0. The number of nitrogens with zero attached hydrogens (tertiary/aromatic N) is 2. The fourth-order valence-electron chi connectivity index (χ4n) is 6.18. The van der Waals surface area contributed by atoms with E-state index in [1.807, 2.05) is 34.1 Å². The van der Waals surface area contributed by atoms with Crippen LogP contribution in [0, 0.1) is 5.82 Å². The van der Waals surface area contributed by atoms with E-state index < -0.39 is 5.54 Å². The molecule has 0 bridgehead atoms. The SMILES string of the molecule is O=C(CC1(N2Cc3ccccc3C2=O)CCCCC1)N1CCc2[nH]c3ccc(F)cc3c2C1. The first-order valence-electron chi connectivity index (χ1n) is 12.0. The second kappa shape index (κ2) is 7.72. The second-order valence-corrected chi connectivity index (χ2v) is 9.85. The lowest BCUT2D eigenvalue weighted by molar-refractivity contribution is -0.135. The number of carbonyl (C=O) groups is 2. The Kier molecular flexibility index (Phi) is 4.78. The van der Waals surface area contributed by atoms with E-state index in [0.717, 1.165) is 71.8 Å². The van der Waals surface area contributed by atoms with Gasteiger partial charge in [-0.15, -0.1) is 0 Å². The van der Waals surface area contributed by atoms with Gasteiger partial charge in [-0.1, -0.05) is 37.5 Å². The summed E-state index contributed by atoms with van der Waals surface area (Å²) in [4.78, 5) is 34.3. The summed E-state index contributed by atoms with van der Waals surface area (Å²) in [5, 5.41) is 0.861. The number of fused-ring (bicyclic) bond motifs is 4. The minimum Gasteiger partial charge on any atom is -0.358 e. The molecule has 1 saturated carbocycles. The summed E-state index contributed by atoms with van der Waals surface area (Å²) < 4.78 is 13.9. The highest BCUT2D eigenvalue weighted by molar-refractivity contribution is 5.99. The number of nitrogens with one attached hydrogen (secondary N) is 1. The van der Waals surface area contributed by atoms with Gasteiger partial charge in [0.15, 0.2) is 0 Å². The van der Waals surface area contributed by atoms with Gasteiger partial charge in [-0.25, -0.2) is 4.39 Å². The second-order valence-electron chi connectivity index (χ2n) is 9.85. The molecule has 3 aromatic rings. The van der Waals surface area contributed by atoms with Gasteiger partial charge in [0.25, 0.3) is 5.91 Å². The van der Waals surface area contributed by atoms with Gasteiger partial charge < -0.3 is 14.8 Å². The number of benzene rings is 2. The molecule has 6 heteroatoms. The van der Waals surface area contributed by atoms with E-state index >= 15 is 0 Å². The monoisotopic (exact) mass is 445 g/mol. The number of H-pyrrole nitrogens is 1. The summed E-state index contributed by atoms with van der Waals surface area (Å²) in [6, 6.07) is 12.6. The van der Waals surface area contributed by atoms with Crippen LogP contribution in [0.15, 0.2) is 42.5 Å². The molecule has 1 aromatic heterocycles. The van der Waals surface area contributed by atoms with Gasteiger partial charge in [0.1, 0.15) is 5.82 Å². The van der Waals surface area contributed by atoms with E-state index in [-0.39, 0.29) is 17.6 Å². The summed E-state index contributed by atoms with van der Waals surface area (Å²) in [5.74, 6) is -0.105. The largest absolute Gasteiger partial charge is 0.358 e. The molecule has 33 heavy (non-hydrogen) atoms. The van der Waals surface area contributed by atoms with Gasteiger partial charge in [-0.3, -0.25) is 9.59 Å². The molecule has 170 valence electrons. The highest BCUT2D eigenvalue weighted by Crippen LogP contribution is 2.42. The summed E-state index contributed by atoms with van der Waals surface area (Å²) in [6.45, 7) is 1.72. The molecular weight excluding hydrogens is 417 g/mol. The van der Waals surface area contributed by atoms with E-state index in [0.29, 0.717) is 26.1 Å². The van der Waals surface area contributed by atoms with Crippen molar-refractivity contribution in [1.29, 1.82) is 0 Å². The zero-order chi connectivity index (χ0) is 22.6. The standard InChI is InChI=1S/C27H28FN3O2/c28-19-8-9-23-21(14-19)22-17-30(13-10-24(22)29-23)25(32)15-27(11-4-1-5-12-27)31-16-18-6-2-3-7-20(18)26(31)33/h2-3,6-9,14,29H,1,4-5,10-13,15-17H2. The normalized spacial score (nSPS) is 19.6. The maximum atomic E-state index is 13.9. The van der Waals surface area contributed by atoms with Crippen LogP contribution >= 0.6 is 0 Å². The molecule has 1 fully saturated rings. The minimum absolute atomic E-state index is 0.0633. The zero-order valence-electron chi connectivity index (χ0n) is 18.7. The summed E-state index contributed by atoms with van der Waals surface area (Å²) in [6.07, 6.45) is 6.07. The Morgan fingerprint density at radius 1 is 1.06 bits per heavy atom. The van der Waals surface area contributed by atoms with Crippen LogP contribution in [-0.4, -0.2) is 38.7 Å². The summed E-state index contributed by atoms with van der Waals surface area (Å²) in [7, 11) is 0. The quantitative estimate of drug-likeness (QED) is 0.621. The number of aromatic nitrogens is 1. The zero-order valence-corrected chi connectivity index (χ0v) is 18.7. The molecule has 5 nitrogen and oxygen atoms in total. The predicted molar refractivity (Wildman–Crippen MR) is 124 cm³/mol. The molecule has 3 aliphatic rings. The van der Waals surface area contributed by atoms with Crippen molar-refractivity contribution in [2.24, 2.45) is 0 Å². The molecule has 1 aliphatic carbocycles. The van der Waals surface area contributed by atoms with E-state index in [2.05, 4.69) is 4.98 Å². The van der Waals surface area contributed by atoms with Gasteiger partial charge in [0.2, 0.25) is 5.91 Å². The van der Waals surface area contributed by atoms with Crippen molar-refractivity contribution in [1.82, 2.24) is 14.8 Å². The van der Waals surface area contributed by atoms with Crippen LogP contribution in [0.1, 0.15) is 65.7 Å². The lowest BCUT2D eigenvalue weighted by Gasteiger charge is -2.45. The van der Waals surface area contributed by atoms with Gasteiger partial charge in [0, 0.05) is 53.8 Å². The molecule has 1 N–H and O–H groups in total. The van der Waals surface area contributed by atoms with Crippen molar-refractivity contribution in [2.45, 2.75) is 63.6 Å². The topological polar surface area (TPSA) is 56.4 Å². The Morgan fingerprint density at radius 3 is 2.70 bits per heavy atom. The van der Waals surface area contributed by atoms with Crippen LogP contribution in [0.4, 0.5) is 4.39 Å². The van der Waals surface area contributed by atoms with Crippen LogP contribution in [-0.2, 0) is 24.3 Å². The molecule has 2 amide bonds. The van der Waals surface area contributed by atoms with Gasteiger partial charge in [0.05, 0.1) is 12.0 Å². The Labute approximate surface area is 192 Å². The van der Waals surface area contributed by atoms with Gasteiger partial charge in [-0.05, 0) is 42.7 Å². The van der Waals surface area contributed by atoms with Crippen molar-refractivity contribution < 1.29 is 14.0 Å². The Bertz CT molecular complexity index is 1260. The van der Waals surface area contributed by atoms with Crippen molar-refractivity contribution in [3.05, 3.63) is 70.7 Å². The van der Waals surface area contributed by atoms with Crippen LogP contribution in [0.3, 0.4) is 0 Å².